The lowest BCUT2D eigenvalue weighted by Crippen LogP contribution is -1.90. The molecule has 0 aliphatic carbocycles. The van der Waals surface area contributed by atoms with Crippen molar-refractivity contribution in [3.63, 3.8) is 0 Å². The minimum atomic E-state index is -0.869. The molecule has 0 atom stereocenters. The first-order chi connectivity index (χ1) is 8.25. The Morgan fingerprint density at radius 2 is 1.94 bits per heavy atom. The van der Waals surface area contributed by atoms with Gasteiger partial charge >= 0.3 is 0 Å². The van der Waals surface area contributed by atoms with E-state index in [0.29, 0.717) is 16.9 Å². The fourth-order valence-corrected chi connectivity index (χ4v) is 1.71. The summed E-state index contributed by atoms with van der Waals surface area (Å²) in [6, 6.07) is 3.77. The highest BCUT2D eigenvalue weighted by Crippen LogP contribution is 2.22. The van der Waals surface area contributed by atoms with E-state index in [2.05, 4.69) is 9.97 Å². The number of rotatable bonds is 1. The highest BCUT2D eigenvalue weighted by atomic mass is 19.2. The molecule has 5 heteroatoms. The van der Waals surface area contributed by atoms with Gasteiger partial charge in [-0.3, -0.25) is 9.38 Å². The fourth-order valence-electron chi connectivity index (χ4n) is 1.71. The van der Waals surface area contributed by atoms with Crippen molar-refractivity contribution in [3.05, 3.63) is 54.6 Å². The summed E-state index contributed by atoms with van der Waals surface area (Å²) in [5.74, 6) is -1.73. The molecule has 2 heterocycles. The minimum absolute atomic E-state index is 0.572. The molecular weight excluding hydrogens is 224 g/mol. The molecule has 0 aliphatic rings. The van der Waals surface area contributed by atoms with Crippen molar-refractivity contribution >= 4 is 5.65 Å². The number of fused-ring (bicyclic) bond motifs is 1. The molecule has 2 aromatic heterocycles. The number of nitrogens with zero attached hydrogens (tertiary/aromatic N) is 3. The molecule has 3 rings (SSSR count). The highest BCUT2D eigenvalue weighted by Gasteiger charge is 2.08. The largest absolute Gasteiger partial charge is 0.297 e. The molecule has 17 heavy (non-hydrogen) atoms. The van der Waals surface area contributed by atoms with Crippen LogP contribution in [-0.4, -0.2) is 14.4 Å². The van der Waals surface area contributed by atoms with Crippen LogP contribution in [0.3, 0.4) is 0 Å². The van der Waals surface area contributed by atoms with Crippen LogP contribution in [0.4, 0.5) is 8.78 Å². The van der Waals surface area contributed by atoms with Crippen LogP contribution < -0.4 is 0 Å². The Morgan fingerprint density at radius 3 is 2.76 bits per heavy atom. The number of hydrogen-bond acceptors (Lipinski definition) is 2. The van der Waals surface area contributed by atoms with E-state index in [1.54, 1.807) is 29.2 Å². The van der Waals surface area contributed by atoms with Crippen molar-refractivity contribution in [3.8, 4) is 11.3 Å². The van der Waals surface area contributed by atoms with E-state index in [9.17, 15) is 8.78 Å². The maximum Gasteiger partial charge on any atom is 0.159 e. The van der Waals surface area contributed by atoms with Crippen molar-refractivity contribution in [2.45, 2.75) is 0 Å². The molecular formula is C12H7F2N3. The van der Waals surface area contributed by atoms with Gasteiger partial charge in [-0.15, -0.1) is 0 Å². The van der Waals surface area contributed by atoms with Crippen molar-refractivity contribution in [2.24, 2.45) is 0 Å². The number of imidazole rings is 1. The van der Waals surface area contributed by atoms with Gasteiger partial charge in [-0.1, -0.05) is 0 Å². The van der Waals surface area contributed by atoms with Crippen molar-refractivity contribution in [1.82, 2.24) is 14.4 Å². The number of benzene rings is 1. The van der Waals surface area contributed by atoms with Crippen LogP contribution >= 0.6 is 0 Å². The lowest BCUT2D eigenvalue weighted by atomic mass is 10.1. The van der Waals surface area contributed by atoms with E-state index < -0.39 is 11.6 Å². The van der Waals surface area contributed by atoms with Gasteiger partial charge < -0.3 is 0 Å². The Hall–Kier alpha value is -2.30. The smallest absolute Gasteiger partial charge is 0.159 e. The molecule has 0 saturated heterocycles. The first-order valence-electron chi connectivity index (χ1n) is 4.98. The second-order valence-corrected chi connectivity index (χ2v) is 3.58. The quantitative estimate of drug-likeness (QED) is 0.644. The van der Waals surface area contributed by atoms with E-state index in [1.165, 1.54) is 6.07 Å². The van der Waals surface area contributed by atoms with Gasteiger partial charge in [0.15, 0.2) is 17.3 Å². The highest BCUT2D eigenvalue weighted by molar-refractivity contribution is 5.63. The Morgan fingerprint density at radius 1 is 1.06 bits per heavy atom. The Bertz CT molecular complexity index is 691. The van der Waals surface area contributed by atoms with Crippen LogP contribution in [0, 0.1) is 11.6 Å². The zero-order valence-electron chi connectivity index (χ0n) is 8.64. The summed E-state index contributed by atoms with van der Waals surface area (Å²) in [5, 5.41) is 0. The zero-order chi connectivity index (χ0) is 11.8. The van der Waals surface area contributed by atoms with Gasteiger partial charge in [-0.2, -0.15) is 0 Å². The predicted molar refractivity (Wildman–Crippen MR) is 58.3 cm³/mol. The SMILES string of the molecule is Fc1ccc(-c2cnc3cnccn23)cc1F. The van der Waals surface area contributed by atoms with Gasteiger partial charge in [-0.05, 0) is 18.2 Å². The van der Waals surface area contributed by atoms with E-state index in [1.807, 2.05) is 0 Å². The van der Waals surface area contributed by atoms with E-state index in [-0.39, 0.29) is 0 Å². The van der Waals surface area contributed by atoms with Crippen LogP contribution in [0.2, 0.25) is 0 Å². The third-order valence-electron chi connectivity index (χ3n) is 2.53. The normalized spacial score (nSPS) is 10.9. The molecule has 0 spiro atoms. The van der Waals surface area contributed by atoms with Crippen molar-refractivity contribution < 1.29 is 8.78 Å². The van der Waals surface area contributed by atoms with Crippen LogP contribution in [-0.2, 0) is 0 Å². The predicted octanol–water partition coefficient (Wildman–Crippen LogP) is 2.67. The summed E-state index contributed by atoms with van der Waals surface area (Å²) >= 11 is 0. The van der Waals surface area contributed by atoms with Crippen LogP contribution in [0.5, 0.6) is 0 Å². The molecule has 0 saturated carbocycles. The van der Waals surface area contributed by atoms with Crippen molar-refractivity contribution in [2.75, 3.05) is 0 Å². The molecule has 0 bridgehead atoms. The van der Waals surface area contributed by atoms with E-state index in [0.717, 1.165) is 12.1 Å². The number of halogens is 2. The second-order valence-electron chi connectivity index (χ2n) is 3.58. The lowest BCUT2D eigenvalue weighted by Gasteiger charge is -2.01. The molecule has 0 amide bonds. The molecule has 0 aliphatic heterocycles. The lowest BCUT2D eigenvalue weighted by molar-refractivity contribution is 0.509. The molecule has 3 aromatic rings. The molecule has 0 fully saturated rings. The summed E-state index contributed by atoms with van der Waals surface area (Å²) < 4.78 is 27.8. The van der Waals surface area contributed by atoms with E-state index in [4.69, 9.17) is 0 Å². The summed E-state index contributed by atoms with van der Waals surface area (Å²) in [7, 11) is 0. The molecule has 0 unspecified atom stereocenters. The molecule has 84 valence electrons. The first kappa shape index (κ1) is 9.89. The van der Waals surface area contributed by atoms with Gasteiger partial charge in [0.1, 0.15) is 0 Å². The Labute approximate surface area is 95.4 Å². The topological polar surface area (TPSA) is 30.2 Å². The van der Waals surface area contributed by atoms with Gasteiger partial charge in [0, 0.05) is 18.0 Å². The Balaban J connectivity index is 2.24. The number of hydrogen-bond donors (Lipinski definition) is 0. The van der Waals surface area contributed by atoms with Crippen LogP contribution in [0.15, 0.2) is 43.0 Å². The summed E-state index contributed by atoms with van der Waals surface area (Å²) in [6.07, 6.45) is 6.53. The maximum absolute atomic E-state index is 13.2. The van der Waals surface area contributed by atoms with E-state index >= 15 is 0 Å². The van der Waals surface area contributed by atoms with Gasteiger partial charge in [0.25, 0.3) is 0 Å². The number of aromatic nitrogens is 3. The first-order valence-corrected chi connectivity index (χ1v) is 4.98. The van der Waals surface area contributed by atoms with Gasteiger partial charge in [0.2, 0.25) is 0 Å². The minimum Gasteiger partial charge on any atom is -0.297 e. The standard InChI is InChI=1S/C12H7F2N3/c13-9-2-1-8(5-10(9)14)11-6-16-12-7-15-3-4-17(11)12/h1-7H. The summed E-state index contributed by atoms with van der Waals surface area (Å²) in [6.45, 7) is 0. The van der Waals surface area contributed by atoms with Crippen molar-refractivity contribution in [1.29, 1.82) is 0 Å². The van der Waals surface area contributed by atoms with Gasteiger partial charge in [0.05, 0.1) is 18.1 Å². The fraction of sp³-hybridized carbons (Fsp3) is 0. The van der Waals surface area contributed by atoms with Gasteiger partial charge in [-0.25, -0.2) is 13.8 Å². The monoisotopic (exact) mass is 231 g/mol. The average molecular weight is 231 g/mol. The third kappa shape index (κ3) is 1.56. The Kier molecular flexibility index (Phi) is 2.11. The zero-order valence-corrected chi connectivity index (χ0v) is 8.64. The third-order valence-corrected chi connectivity index (χ3v) is 2.53. The molecule has 3 nitrogen and oxygen atoms in total. The summed E-state index contributed by atoms with van der Waals surface area (Å²) in [4.78, 5) is 8.07. The summed E-state index contributed by atoms with van der Waals surface area (Å²) in [5.41, 5.74) is 1.93. The van der Waals surface area contributed by atoms with Crippen LogP contribution in [0.1, 0.15) is 0 Å². The maximum atomic E-state index is 13.2. The second kappa shape index (κ2) is 3.62. The van der Waals surface area contributed by atoms with Crippen LogP contribution in [0.25, 0.3) is 16.9 Å². The molecule has 0 N–H and O–H groups in total. The molecule has 0 radical (unpaired) electrons. The average Bonchev–Trinajstić information content (AvgIpc) is 2.76. The molecule has 1 aromatic carbocycles.